The predicted octanol–water partition coefficient (Wildman–Crippen LogP) is 2.76. The molecule has 4 heterocycles. The minimum absolute atomic E-state index is 0.0918. The highest BCUT2D eigenvalue weighted by Gasteiger charge is 2.29. The van der Waals surface area contributed by atoms with Crippen LogP contribution in [0.15, 0.2) is 27.5 Å². The van der Waals surface area contributed by atoms with Crippen LogP contribution < -0.4 is 10.5 Å². The highest BCUT2D eigenvalue weighted by atomic mass is 35.5. The molecule has 0 aliphatic carbocycles. The Kier molecular flexibility index (Phi) is 5.29. The molecule has 1 aliphatic heterocycles. The maximum atomic E-state index is 14.9. The van der Waals surface area contributed by atoms with Gasteiger partial charge in [0.25, 0.3) is 11.4 Å². The monoisotopic (exact) mass is 471 g/mol. The standard InChI is InChI=1S/C21H19ClFN7O3/c1-10-24-19(33-28-10)15-9-30(6-7-32-15)21-26-16(13-5-4-12(22)8-14(13)23)17-18(27-21)20(31)29(3)11(2)25-17/h4-5,8,15H,6-7,9H2,1-3H3/t15-/m0/s1. The zero-order valence-electron chi connectivity index (χ0n) is 18.0. The fourth-order valence-electron chi connectivity index (χ4n) is 3.68. The van der Waals surface area contributed by atoms with Crippen LogP contribution in [0, 0.1) is 19.7 Å². The number of morpholine rings is 1. The molecule has 170 valence electrons. The summed E-state index contributed by atoms with van der Waals surface area (Å²) in [5.41, 5.74) is 0.341. The average molecular weight is 472 g/mol. The summed E-state index contributed by atoms with van der Waals surface area (Å²) in [6, 6.07) is 4.27. The van der Waals surface area contributed by atoms with Gasteiger partial charge in [0.05, 0.1) is 13.2 Å². The molecule has 0 spiro atoms. The van der Waals surface area contributed by atoms with Gasteiger partial charge in [-0.3, -0.25) is 9.36 Å². The van der Waals surface area contributed by atoms with Crippen molar-refractivity contribution < 1.29 is 13.7 Å². The van der Waals surface area contributed by atoms with Crippen molar-refractivity contribution in [3.05, 3.63) is 56.9 Å². The molecular formula is C21H19ClFN7O3. The number of nitrogens with zero attached hydrogens (tertiary/aromatic N) is 7. The summed E-state index contributed by atoms with van der Waals surface area (Å²) >= 11 is 5.94. The molecule has 0 bridgehead atoms. The number of halogens is 2. The highest BCUT2D eigenvalue weighted by Crippen LogP contribution is 2.31. The Morgan fingerprint density at radius 2 is 1.97 bits per heavy atom. The van der Waals surface area contributed by atoms with Gasteiger partial charge in [0.15, 0.2) is 17.4 Å². The number of aryl methyl sites for hydroxylation is 2. The lowest BCUT2D eigenvalue weighted by Crippen LogP contribution is -2.39. The summed E-state index contributed by atoms with van der Waals surface area (Å²) in [4.78, 5) is 32.7. The number of fused-ring (bicyclic) bond motifs is 1. The zero-order chi connectivity index (χ0) is 23.3. The van der Waals surface area contributed by atoms with Crippen LogP contribution in [-0.4, -0.2) is 49.4 Å². The SMILES string of the molecule is Cc1noc([C@@H]2CN(c3nc(-c4ccc(Cl)cc4F)c4nc(C)n(C)c(=O)c4n3)CCO2)n1. The molecule has 33 heavy (non-hydrogen) atoms. The molecular weight excluding hydrogens is 453 g/mol. The van der Waals surface area contributed by atoms with E-state index in [-0.39, 0.29) is 38.8 Å². The number of rotatable bonds is 3. The second-order valence-electron chi connectivity index (χ2n) is 7.70. The van der Waals surface area contributed by atoms with Crippen molar-refractivity contribution in [2.45, 2.75) is 20.0 Å². The van der Waals surface area contributed by atoms with Gasteiger partial charge >= 0.3 is 0 Å². The molecule has 10 nitrogen and oxygen atoms in total. The van der Waals surface area contributed by atoms with Crippen molar-refractivity contribution in [3.8, 4) is 11.3 Å². The molecule has 0 amide bonds. The molecule has 3 aromatic heterocycles. The average Bonchev–Trinajstić information content (AvgIpc) is 3.24. The fraction of sp³-hybridized carbons (Fsp3) is 0.333. The van der Waals surface area contributed by atoms with Crippen molar-refractivity contribution in [2.24, 2.45) is 7.05 Å². The van der Waals surface area contributed by atoms with E-state index < -0.39 is 11.9 Å². The van der Waals surface area contributed by atoms with E-state index in [9.17, 15) is 9.18 Å². The minimum Gasteiger partial charge on any atom is -0.365 e. The Morgan fingerprint density at radius 1 is 1.15 bits per heavy atom. The van der Waals surface area contributed by atoms with Crippen molar-refractivity contribution in [2.75, 3.05) is 24.6 Å². The van der Waals surface area contributed by atoms with E-state index >= 15 is 0 Å². The first kappa shape index (κ1) is 21.4. The number of ether oxygens (including phenoxy) is 1. The normalized spacial score (nSPS) is 16.5. The lowest BCUT2D eigenvalue weighted by molar-refractivity contribution is 0.0181. The van der Waals surface area contributed by atoms with Crippen LogP contribution >= 0.6 is 11.6 Å². The van der Waals surface area contributed by atoms with E-state index in [1.807, 2.05) is 4.90 Å². The number of hydrogen-bond donors (Lipinski definition) is 0. The van der Waals surface area contributed by atoms with Crippen molar-refractivity contribution >= 4 is 28.6 Å². The minimum atomic E-state index is -0.574. The first-order chi connectivity index (χ1) is 15.8. The van der Waals surface area contributed by atoms with Gasteiger partial charge in [-0.05, 0) is 32.0 Å². The van der Waals surface area contributed by atoms with Crippen molar-refractivity contribution in [3.63, 3.8) is 0 Å². The van der Waals surface area contributed by atoms with Gasteiger partial charge < -0.3 is 14.2 Å². The Morgan fingerprint density at radius 3 is 2.70 bits per heavy atom. The van der Waals surface area contributed by atoms with Gasteiger partial charge in [0.1, 0.15) is 22.9 Å². The molecule has 12 heteroatoms. The summed E-state index contributed by atoms with van der Waals surface area (Å²) < 4.78 is 27.3. The zero-order valence-corrected chi connectivity index (χ0v) is 18.8. The van der Waals surface area contributed by atoms with Crippen LogP contribution in [0.5, 0.6) is 0 Å². The van der Waals surface area contributed by atoms with Gasteiger partial charge in [0, 0.05) is 24.2 Å². The van der Waals surface area contributed by atoms with Gasteiger partial charge in [-0.25, -0.2) is 19.3 Å². The first-order valence-electron chi connectivity index (χ1n) is 10.2. The number of hydrogen-bond acceptors (Lipinski definition) is 9. The summed E-state index contributed by atoms with van der Waals surface area (Å²) in [5.74, 6) is 0.972. The third-order valence-corrected chi connectivity index (χ3v) is 5.73. The van der Waals surface area contributed by atoms with E-state index in [0.29, 0.717) is 37.2 Å². The molecule has 4 aromatic rings. The molecule has 1 fully saturated rings. The van der Waals surface area contributed by atoms with Gasteiger partial charge in [-0.15, -0.1) is 0 Å². The fourth-order valence-corrected chi connectivity index (χ4v) is 3.83. The predicted molar refractivity (Wildman–Crippen MR) is 118 cm³/mol. The van der Waals surface area contributed by atoms with Crippen molar-refractivity contribution in [1.82, 2.24) is 29.7 Å². The molecule has 0 radical (unpaired) electrons. The maximum absolute atomic E-state index is 14.9. The molecule has 1 aliphatic rings. The van der Waals surface area contributed by atoms with E-state index in [4.69, 9.17) is 20.9 Å². The lowest BCUT2D eigenvalue weighted by Gasteiger charge is -2.31. The highest BCUT2D eigenvalue weighted by molar-refractivity contribution is 6.30. The Balaban J connectivity index is 1.67. The van der Waals surface area contributed by atoms with Gasteiger partial charge in [-0.1, -0.05) is 16.8 Å². The molecule has 0 unspecified atom stereocenters. The molecule has 1 aromatic carbocycles. The largest absolute Gasteiger partial charge is 0.365 e. The lowest BCUT2D eigenvalue weighted by atomic mass is 10.1. The molecule has 0 saturated carbocycles. The van der Waals surface area contributed by atoms with Crippen LogP contribution in [-0.2, 0) is 11.8 Å². The van der Waals surface area contributed by atoms with Crippen molar-refractivity contribution in [1.29, 1.82) is 0 Å². The molecule has 5 rings (SSSR count). The van der Waals surface area contributed by atoms with E-state index in [1.165, 1.54) is 16.7 Å². The van der Waals surface area contributed by atoms with E-state index in [0.717, 1.165) is 0 Å². The number of benzene rings is 1. The van der Waals surface area contributed by atoms with Crippen LogP contribution in [0.2, 0.25) is 5.02 Å². The summed E-state index contributed by atoms with van der Waals surface area (Å²) in [6.45, 7) is 4.53. The number of aromatic nitrogens is 6. The molecule has 0 N–H and O–H groups in total. The van der Waals surface area contributed by atoms with Gasteiger partial charge in [0.2, 0.25) is 5.95 Å². The number of anilines is 1. The third-order valence-electron chi connectivity index (χ3n) is 5.49. The smallest absolute Gasteiger partial charge is 0.279 e. The Labute approximate surface area is 192 Å². The van der Waals surface area contributed by atoms with Gasteiger partial charge in [-0.2, -0.15) is 4.98 Å². The van der Waals surface area contributed by atoms with Crippen LogP contribution in [0.1, 0.15) is 23.6 Å². The second-order valence-corrected chi connectivity index (χ2v) is 8.14. The van der Waals surface area contributed by atoms with Crippen LogP contribution in [0.4, 0.5) is 10.3 Å². The van der Waals surface area contributed by atoms with E-state index in [2.05, 4.69) is 25.1 Å². The third kappa shape index (κ3) is 3.83. The topological polar surface area (TPSA) is 112 Å². The Hall–Kier alpha value is -3.44. The quantitative estimate of drug-likeness (QED) is 0.445. The van der Waals surface area contributed by atoms with Crippen LogP contribution in [0.25, 0.3) is 22.3 Å². The van der Waals surface area contributed by atoms with E-state index in [1.54, 1.807) is 27.0 Å². The second kappa shape index (κ2) is 8.16. The maximum Gasteiger partial charge on any atom is 0.279 e. The summed E-state index contributed by atoms with van der Waals surface area (Å²) in [6.07, 6.45) is -0.492. The van der Waals surface area contributed by atoms with Crippen LogP contribution in [0.3, 0.4) is 0 Å². The summed E-state index contributed by atoms with van der Waals surface area (Å²) in [5, 5.41) is 4.06. The molecule has 1 atom stereocenters. The summed E-state index contributed by atoms with van der Waals surface area (Å²) in [7, 11) is 1.61. The molecule has 1 saturated heterocycles. The first-order valence-corrected chi connectivity index (χ1v) is 10.6. The Bertz CT molecular complexity index is 1440.